The first kappa shape index (κ1) is 27.9. The van der Waals surface area contributed by atoms with Gasteiger partial charge in [0, 0.05) is 18.2 Å². The molecule has 1 unspecified atom stereocenters. The Bertz CT molecular complexity index is 752. The molecule has 8 heteroatoms. The number of hydrogen-bond donors (Lipinski definition) is 5. The van der Waals surface area contributed by atoms with Crippen LogP contribution >= 0.6 is 0 Å². The third-order valence-electron chi connectivity index (χ3n) is 3.93. The molecule has 31 heavy (non-hydrogen) atoms. The molecule has 2 rings (SSSR count). The molecular weight excluding hydrogens is 396 g/mol. The summed E-state index contributed by atoms with van der Waals surface area (Å²) in [5, 5.41) is 10.9. The summed E-state index contributed by atoms with van der Waals surface area (Å²) in [6, 6.07) is 16.2. The lowest BCUT2D eigenvalue weighted by Gasteiger charge is -2.03. The Morgan fingerprint density at radius 1 is 1.00 bits per heavy atom. The molecule has 0 saturated heterocycles. The number of nitrogens with two attached hydrogens (primary N) is 3. The van der Waals surface area contributed by atoms with Crippen LogP contribution in [-0.2, 0) is 16.0 Å². The molecule has 0 heterocycles. The molecule has 0 aliphatic heterocycles. The van der Waals surface area contributed by atoms with Gasteiger partial charge in [0.1, 0.15) is 12.3 Å². The van der Waals surface area contributed by atoms with Crippen LogP contribution in [-0.4, -0.2) is 42.4 Å². The van der Waals surface area contributed by atoms with Gasteiger partial charge >= 0.3 is 5.97 Å². The molecule has 0 saturated carbocycles. The van der Waals surface area contributed by atoms with Gasteiger partial charge in [-0.3, -0.25) is 14.4 Å². The van der Waals surface area contributed by atoms with E-state index in [1.165, 1.54) is 12.5 Å². The van der Waals surface area contributed by atoms with Crippen molar-refractivity contribution in [3.8, 4) is 0 Å². The first-order valence-electron chi connectivity index (χ1n) is 10.1. The lowest BCUT2D eigenvalue weighted by Crippen LogP contribution is -2.29. The number of unbranched alkanes of at least 4 members (excludes halogenated alkanes) is 1. The van der Waals surface area contributed by atoms with Crippen molar-refractivity contribution in [2.24, 2.45) is 17.2 Å². The largest absolute Gasteiger partial charge is 0.480 e. The van der Waals surface area contributed by atoms with Gasteiger partial charge in [-0.1, -0.05) is 36.8 Å². The molecule has 0 spiro atoms. The smallest absolute Gasteiger partial charge is 0.320 e. The van der Waals surface area contributed by atoms with Gasteiger partial charge in [0.25, 0.3) is 0 Å². The molecule has 0 bridgehead atoms. The summed E-state index contributed by atoms with van der Waals surface area (Å²) in [6.07, 6.45) is 3.91. The highest BCUT2D eigenvalue weighted by atomic mass is 16.4. The highest BCUT2D eigenvalue weighted by Crippen LogP contribution is 2.07. The van der Waals surface area contributed by atoms with Crippen LogP contribution < -0.4 is 22.5 Å². The number of carboxylic acids is 1. The number of benzene rings is 2. The van der Waals surface area contributed by atoms with E-state index in [1.54, 1.807) is 24.3 Å². The second-order valence-corrected chi connectivity index (χ2v) is 6.67. The second kappa shape index (κ2) is 17.8. The fraction of sp³-hybridized carbons (Fsp3) is 0.348. The summed E-state index contributed by atoms with van der Waals surface area (Å²) < 4.78 is 0. The Kier molecular flexibility index (Phi) is 16.0. The molecule has 0 aliphatic rings. The van der Waals surface area contributed by atoms with Crippen molar-refractivity contribution in [1.29, 1.82) is 0 Å². The fourth-order valence-corrected chi connectivity index (χ4v) is 2.29. The molecule has 1 amide bonds. The van der Waals surface area contributed by atoms with Crippen LogP contribution in [0.2, 0.25) is 0 Å². The Morgan fingerprint density at radius 3 is 2.06 bits per heavy atom. The van der Waals surface area contributed by atoms with Gasteiger partial charge in [0.05, 0.1) is 0 Å². The number of carbonyl (C=O) groups is 3. The predicted molar refractivity (Wildman–Crippen MR) is 124 cm³/mol. The van der Waals surface area contributed by atoms with E-state index in [9.17, 15) is 14.4 Å². The van der Waals surface area contributed by atoms with Crippen molar-refractivity contribution in [1.82, 2.24) is 0 Å². The zero-order chi connectivity index (χ0) is 23.5. The normalized spacial score (nSPS) is 10.5. The number of hydrogen-bond acceptors (Lipinski definition) is 6. The van der Waals surface area contributed by atoms with E-state index in [4.69, 9.17) is 22.3 Å². The zero-order valence-corrected chi connectivity index (χ0v) is 18.0. The van der Waals surface area contributed by atoms with Crippen molar-refractivity contribution in [3.63, 3.8) is 0 Å². The third-order valence-corrected chi connectivity index (χ3v) is 3.93. The van der Waals surface area contributed by atoms with Crippen LogP contribution in [0.4, 0.5) is 5.69 Å². The monoisotopic (exact) mass is 430 g/mol. The number of amides is 1. The average Bonchev–Trinajstić information content (AvgIpc) is 2.76. The molecule has 170 valence electrons. The summed E-state index contributed by atoms with van der Waals surface area (Å²) >= 11 is 0. The standard InChI is InChI=1S/C9H9NO2.C8H11N.C6H14N2O2/c1-7(12)10-9-4-2-8(6-11)3-5-9;9-7-6-8-4-2-1-3-5-8;7-4-2-1-3-5(8)6(9)10/h2-6H,1H3,(H,10,12);1-5H,6-7,9H2;5H,1-4,7-8H2,(H,9,10). The molecule has 0 fully saturated rings. The van der Waals surface area contributed by atoms with Crippen molar-refractivity contribution in [3.05, 3.63) is 65.7 Å². The molecule has 0 radical (unpaired) electrons. The van der Waals surface area contributed by atoms with Crippen LogP contribution in [0.3, 0.4) is 0 Å². The maximum Gasteiger partial charge on any atom is 0.320 e. The minimum Gasteiger partial charge on any atom is -0.480 e. The number of nitrogens with one attached hydrogen (secondary N) is 1. The average molecular weight is 431 g/mol. The van der Waals surface area contributed by atoms with Crippen LogP contribution in [0, 0.1) is 0 Å². The van der Waals surface area contributed by atoms with E-state index < -0.39 is 12.0 Å². The Hall–Kier alpha value is -3.07. The highest BCUT2D eigenvalue weighted by Gasteiger charge is 2.09. The number of carbonyl (C=O) groups excluding carboxylic acids is 2. The molecule has 2 aromatic rings. The summed E-state index contributed by atoms with van der Waals surface area (Å²) in [7, 11) is 0. The van der Waals surface area contributed by atoms with E-state index in [0.29, 0.717) is 24.2 Å². The predicted octanol–water partition coefficient (Wildman–Crippen LogP) is 2.17. The van der Waals surface area contributed by atoms with Crippen molar-refractivity contribution < 1.29 is 19.5 Å². The fourth-order valence-electron chi connectivity index (χ4n) is 2.29. The molecular formula is C23H34N4O4. The van der Waals surface area contributed by atoms with Gasteiger partial charge in [-0.05, 0) is 62.2 Å². The highest BCUT2D eigenvalue weighted by molar-refractivity contribution is 5.89. The molecule has 8 N–H and O–H groups in total. The van der Waals surface area contributed by atoms with Gasteiger partial charge in [0.15, 0.2) is 0 Å². The molecule has 1 atom stereocenters. The van der Waals surface area contributed by atoms with Crippen molar-refractivity contribution >= 4 is 23.9 Å². The van der Waals surface area contributed by atoms with Gasteiger partial charge in [-0.25, -0.2) is 0 Å². The summed E-state index contributed by atoms with van der Waals surface area (Å²) in [5.74, 6) is -1.05. The lowest BCUT2D eigenvalue weighted by molar-refractivity contribution is -0.138. The van der Waals surface area contributed by atoms with Crippen molar-refractivity contribution in [2.45, 2.75) is 38.6 Å². The molecule has 0 aromatic heterocycles. The van der Waals surface area contributed by atoms with E-state index in [0.717, 1.165) is 32.1 Å². The maximum atomic E-state index is 10.6. The van der Waals surface area contributed by atoms with E-state index >= 15 is 0 Å². The minimum absolute atomic E-state index is 0.117. The number of aldehydes is 1. The Morgan fingerprint density at radius 2 is 1.61 bits per heavy atom. The van der Waals surface area contributed by atoms with Crippen molar-refractivity contribution in [2.75, 3.05) is 18.4 Å². The Labute approximate surface area is 183 Å². The van der Waals surface area contributed by atoms with Crippen LogP contribution in [0.15, 0.2) is 54.6 Å². The van der Waals surface area contributed by atoms with Gasteiger partial charge in [-0.2, -0.15) is 0 Å². The number of rotatable bonds is 9. The van der Waals surface area contributed by atoms with E-state index in [2.05, 4.69) is 17.4 Å². The minimum atomic E-state index is -0.933. The topological polar surface area (TPSA) is 162 Å². The number of carboxylic acid groups (broad SMARTS) is 1. The number of anilines is 1. The van der Waals surface area contributed by atoms with Crippen LogP contribution in [0.1, 0.15) is 42.1 Å². The van der Waals surface area contributed by atoms with E-state index in [1.807, 2.05) is 18.2 Å². The molecule has 8 nitrogen and oxygen atoms in total. The Balaban J connectivity index is 0.000000441. The van der Waals surface area contributed by atoms with Crippen LogP contribution in [0.5, 0.6) is 0 Å². The summed E-state index contributed by atoms with van der Waals surface area (Å²) in [6.45, 7) is 2.78. The van der Waals surface area contributed by atoms with Gasteiger partial charge < -0.3 is 27.6 Å². The molecule has 0 aliphatic carbocycles. The zero-order valence-electron chi connectivity index (χ0n) is 18.0. The quantitative estimate of drug-likeness (QED) is 0.301. The second-order valence-electron chi connectivity index (χ2n) is 6.67. The molecule has 2 aromatic carbocycles. The SMILES string of the molecule is CC(=O)Nc1ccc(C=O)cc1.NCCCCC(N)C(=O)O.NCCc1ccccc1. The lowest BCUT2D eigenvalue weighted by atomic mass is 10.1. The first-order chi connectivity index (χ1) is 14.8. The maximum absolute atomic E-state index is 10.6. The van der Waals surface area contributed by atoms with Crippen LogP contribution in [0.25, 0.3) is 0 Å². The summed E-state index contributed by atoms with van der Waals surface area (Å²) in [4.78, 5) is 31.0. The van der Waals surface area contributed by atoms with E-state index in [-0.39, 0.29) is 5.91 Å². The van der Waals surface area contributed by atoms with Gasteiger partial charge in [0.2, 0.25) is 5.91 Å². The number of aliphatic carboxylic acids is 1. The third kappa shape index (κ3) is 15.4. The van der Waals surface area contributed by atoms with Gasteiger partial charge in [-0.15, -0.1) is 0 Å². The first-order valence-corrected chi connectivity index (χ1v) is 10.1. The summed E-state index contributed by atoms with van der Waals surface area (Å²) in [5.41, 5.74) is 18.4.